The molecule has 2 aromatic rings. The summed E-state index contributed by atoms with van der Waals surface area (Å²) in [7, 11) is 3.25. The molecule has 2 heterocycles. The van der Waals surface area contributed by atoms with Crippen LogP contribution in [-0.2, 0) is 23.9 Å². The van der Waals surface area contributed by atoms with Crippen molar-refractivity contribution in [1.82, 2.24) is 19.6 Å². The lowest BCUT2D eigenvalue weighted by atomic mass is 10.0. The highest BCUT2D eigenvalue weighted by atomic mass is 19.1. The van der Waals surface area contributed by atoms with Crippen LogP contribution in [0.1, 0.15) is 61.4 Å². The molecule has 2 N–H and O–H groups in total. The Hall–Kier alpha value is -2.26. The molecule has 3 atom stereocenters. The van der Waals surface area contributed by atoms with E-state index in [0.717, 1.165) is 0 Å². The minimum absolute atomic E-state index is 0.313. The average Bonchev–Trinajstić information content (AvgIpc) is 3.26. The summed E-state index contributed by atoms with van der Waals surface area (Å²) in [5.74, 6) is -0.326. The topological polar surface area (TPSA) is 94.2 Å². The van der Waals surface area contributed by atoms with Gasteiger partial charge in [-0.3, -0.25) is 9.48 Å². The lowest BCUT2D eigenvalue weighted by Gasteiger charge is -2.22. The Morgan fingerprint density at radius 3 is 2.64 bits per heavy atom. The van der Waals surface area contributed by atoms with Gasteiger partial charge in [-0.1, -0.05) is 0 Å². The molecule has 28 heavy (non-hydrogen) atoms. The minimum Gasteiger partial charge on any atom is -0.390 e. The standard InChI is InChI=1S/C19H28FN5O3/c1-19(2,3)25-16(9-13(23-25)12-6-7-15(26)17(12)20)21-18(27)14-8-11(10-28-5)22-24(14)4/h8-9,12,15,17,26H,6-7,10H2,1-5H3,(H,21,27)/t12-,15-,17-/m0/s1. The molecule has 0 saturated heterocycles. The number of ether oxygens (including phenoxy) is 1. The van der Waals surface area contributed by atoms with Crippen LogP contribution in [0.2, 0.25) is 0 Å². The van der Waals surface area contributed by atoms with Crippen molar-refractivity contribution in [3.8, 4) is 0 Å². The fraction of sp³-hybridized carbons (Fsp3) is 0.632. The molecule has 1 fully saturated rings. The van der Waals surface area contributed by atoms with E-state index in [1.165, 1.54) is 4.68 Å². The van der Waals surface area contributed by atoms with Crippen LogP contribution in [0.4, 0.5) is 10.2 Å². The number of nitrogens with zero attached hydrogens (tertiary/aromatic N) is 4. The van der Waals surface area contributed by atoms with Crippen LogP contribution in [0.5, 0.6) is 0 Å². The van der Waals surface area contributed by atoms with Crippen molar-refractivity contribution in [3.05, 3.63) is 29.2 Å². The summed E-state index contributed by atoms with van der Waals surface area (Å²) in [4.78, 5) is 12.8. The minimum atomic E-state index is -1.35. The monoisotopic (exact) mass is 393 g/mol. The summed E-state index contributed by atoms with van der Waals surface area (Å²) in [6.45, 7) is 6.18. The largest absolute Gasteiger partial charge is 0.390 e. The highest BCUT2D eigenvalue weighted by molar-refractivity contribution is 6.02. The first kappa shape index (κ1) is 20.5. The highest BCUT2D eigenvalue weighted by Gasteiger charge is 2.38. The number of carbonyl (C=O) groups is 1. The van der Waals surface area contributed by atoms with E-state index < -0.39 is 23.7 Å². The van der Waals surface area contributed by atoms with E-state index in [0.29, 0.717) is 42.3 Å². The van der Waals surface area contributed by atoms with Gasteiger partial charge >= 0.3 is 0 Å². The zero-order valence-corrected chi connectivity index (χ0v) is 16.9. The molecule has 0 bridgehead atoms. The number of aryl methyl sites for hydroxylation is 1. The molecule has 1 aliphatic rings. The maximum atomic E-state index is 14.4. The van der Waals surface area contributed by atoms with Gasteiger partial charge in [0.2, 0.25) is 0 Å². The molecule has 0 aromatic carbocycles. The van der Waals surface area contributed by atoms with Crippen molar-refractivity contribution < 1.29 is 19.0 Å². The van der Waals surface area contributed by atoms with Gasteiger partial charge in [0.15, 0.2) is 0 Å². The fourth-order valence-electron chi connectivity index (χ4n) is 3.57. The first-order chi connectivity index (χ1) is 13.1. The second-order valence-electron chi connectivity index (χ2n) is 8.26. The van der Waals surface area contributed by atoms with E-state index in [1.807, 2.05) is 20.8 Å². The van der Waals surface area contributed by atoms with Gasteiger partial charge in [0.1, 0.15) is 17.7 Å². The lowest BCUT2D eigenvalue weighted by molar-refractivity contribution is 0.0957. The molecular formula is C19H28FN5O3. The van der Waals surface area contributed by atoms with Crippen molar-refractivity contribution in [2.45, 2.75) is 64.0 Å². The number of amides is 1. The van der Waals surface area contributed by atoms with Crippen molar-refractivity contribution in [1.29, 1.82) is 0 Å². The van der Waals surface area contributed by atoms with Crippen molar-refractivity contribution in [2.24, 2.45) is 7.05 Å². The maximum absolute atomic E-state index is 14.4. The SMILES string of the molecule is COCc1cc(C(=O)Nc2cc([C@@H]3CC[C@H](O)[C@H]3F)nn2C(C)(C)C)n(C)n1. The number of aromatic nitrogens is 4. The van der Waals surface area contributed by atoms with Gasteiger partial charge in [-0.05, 0) is 39.7 Å². The van der Waals surface area contributed by atoms with E-state index in [9.17, 15) is 14.3 Å². The molecule has 2 aromatic heterocycles. The third-order valence-corrected chi connectivity index (χ3v) is 4.97. The van der Waals surface area contributed by atoms with E-state index >= 15 is 0 Å². The number of rotatable bonds is 5. The molecule has 1 saturated carbocycles. The molecule has 8 nitrogen and oxygen atoms in total. The Labute approximate surface area is 163 Å². The molecule has 0 spiro atoms. The van der Waals surface area contributed by atoms with Crippen LogP contribution in [-0.4, -0.2) is 50.0 Å². The van der Waals surface area contributed by atoms with Gasteiger partial charge in [0.25, 0.3) is 5.91 Å². The summed E-state index contributed by atoms with van der Waals surface area (Å²) >= 11 is 0. The quantitative estimate of drug-likeness (QED) is 0.813. The molecule has 154 valence electrons. The lowest BCUT2D eigenvalue weighted by Crippen LogP contribution is -2.27. The van der Waals surface area contributed by atoms with E-state index in [4.69, 9.17) is 4.74 Å². The van der Waals surface area contributed by atoms with Gasteiger partial charge in [0.05, 0.1) is 29.6 Å². The Kier molecular flexibility index (Phi) is 5.58. The third-order valence-electron chi connectivity index (χ3n) is 4.97. The number of anilines is 1. The second kappa shape index (κ2) is 7.63. The van der Waals surface area contributed by atoms with Crippen LogP contribution >= 0.6 is 0 Å². The summed E-state index contributed by atoms with van der Waals surface area (Å²) < 4.78 is 22.6. The van der Waals surface area contributed by atoms with Crippen LogP contribution in [0, 0.1) is 0 Å². The molecule has 1 amide bonds. The van der Waals surface area contributed by atoms with Gasteiger partial charge in [-0.15, -0.1) is 0 Å². The Morgan fingerprint density at radius 1 is 1.36 bits per heavy atom. The molecule has 0 radical (unpaired) electrons. The van der Waals surface area contributed by atoms with Crippen molar-refractivity contribution >= 4 is 11.7 Å². The van der Waals surface area contributed by atoms with E-state index in [-0.39, 0.29) is 5.91 Å². The first-order valence-electron chi connectivity index (χ1n) is 9.37. The number of halogens is 1. The Balaban J connectivity index is 1.89. The second-order valence-corrected chi connectivity index (χ2v) is 8.26. The predicted octanol–water partition coefficient (Wildman–Crippen LogP) is 2.35. The first-order valence-corrected chi connectivity index (χ1v) is 9.37. The molecular weight excluding hydrogens is 365 g/mol. The van der Waals surface area contributed by atoms with Crippen LogP contribution < -0.4 is 5.32 Å². The van der Waals surface area contributed by atoms with Crippen molar-refractivity contribution in [2.75, 3.05) is 12.4 Å². The highest BCUT2D eigenvalue weighted by Crippen LogP contribution is 2.38. The van der Waals surface area contributed by atoms with Crippen molar-refractivity contribution in [3.63, 3.8) is 0 Å². The summed E-state index contributed by atoms with van der Waals surface area (Å²) in [6, 6.07) is 3.37. The smallest absolute Gasteiger partial charge is 0.275 e. The molecule has 1 aliphatic carbocycles. The molecule has 3 rings (SSSR count). The predicted molar refractivity (Wildman–Crippen MR) is 102 cm³/mol. The summed E-state index contributed by atoms with van der Waals surface area (Å²) in [5, 5.41) is 21.4. The molecule has 9 heteroatoms. The Morgan fingerprint density at radius 2 is 2.07 bits per heavy atom. The average molecular weight is 393 g/mol. The molecule has 0 unspecified atom stereocenters. The van der Waals surface area contributed by atoms with Gasteiger partial charge in [0, 0.05) is 26.1 Å². The zero-order valence-electron chi connectivity index (χ0n) is 16.9. The third kappa shape index (κ3) is 3.95. The van der Waals surface area contributed by atoms with Gasteiger partial charge in [-0.2, -0.15) is 10.2 Å². The number of alkyl halides is 1. The number of aliphatic hydroxyl groups is 1. The van der Waals surface area contributed by atoms with Crippen LogP contribution in [0.3, 0.4) is 0 Å². The summed E-state index contributed by atoms with van der Waals surface area (Å²) in [6.07, 6.45) is -1.37. The maximum Gasteiger partial charge on any atom is 0.275 e. The number of hydrogen-bond donors (Lipinski definition) is 2. The number of methoxy groups -OCH3 is 1. The van der Waals surface area contributed by atoms with E-state index in [2.05, 4.69) is 15.5 Å². The van der Waals surface area contributed by atoms with Crippen LogP contribution in [0.25, 0.3) is 0 Å². The number of aliphatic hydroxyl groups excluding tert-OH is 1. The Bertz CT molecular complexity index is 854. The molecule has 0 aliphatic heterocycles. The van der Waals surface area contributed by atoms with E-state index in [1.54, 1.807) is 31.0 Å². The normalized spacial score (nSPS) is 22.6. The number of carbonyl (C=O) groups excluding carboxylic acids is 1. The zero-order chi connectivity index (χ0) is 20.6. The fourth-order valence-corrected chi connectivity index (χ4v) is 3.57. The number of nitrogens with one attached hydrogen (secondary N) is 1. The van der Waals surface area contributed by atoms with Gasteiger partial charge < -0.3 is 15.2 Å². The number of hydrogen-bond acceptors (Lipinski definition) is 5. The van der Waals surface area contributed by atoms with Gasteiger partial charge in [-0.25, -0.2) is 9.07 Å². The van der Waals surface area contributed by atoms with Crippen LogP contribution in [0.15, 0.2) is 12.1 Å². The summed E-state index contributed by atoms with van der Waals surface area (Å²) in [5.41, 5.74) is 1.16.